The minimum absolute atomic E-state index is 0.230. The van der Waals surface area contributed by atoms with Crippen molar-refractivity contribution in [3.63, 3.8) is 0 Å². The Morgan fingerprint density at radius 3 is 2.79 bits per heavy atom. The molecule has 1 aromatic carbocycles. The van der Waals surface area contributed by atoms with Crippen LogP contribution < -0.4 is 9.47 Å². The summed E-state index contributed by atoms with van der Waals surface area (Å²) in [5.41, 5.74) is 1.10. The number of aliphatic hydroxyl groups excluding tert-OH is 1. The first-order valence-electron chi connectivity index (χ1n) is 6.72. The molecule has 1 N–H and O–H groups in total. The highest BCUT2D eigenvalue weighted by molar-refractivity contribution is 5.46. The lowest BCUT2D eigenvalue weighted by atomic mass is 9.88. The quantitative estimate of drug-likeness (QED) is 0.897. The van der Waals surface area contributed by atoms with Crippen LogP contribution in [-0.4, -0.2) is 50.5 Å². The van der Waals surface area contributed by atoms with E-state index in [1.54, 1.807) is 14.2 Å². The summed E-state index contributed by atoms with van der Waals surface area (Å²) < 4.78 is 10.8. The van der Waals surface area contributed by atoms with Crippen molar-refractivity contribution < 1.29 is 14.6 Å². The molecule has 1 aromatic rings. The third-order valence-corrected chi connectivity index (χ3v) is 3.86. The number of para-hydroxylation sites is 1. The Morgan fingerprint density at radius 1 is 1.32 bits per heavy atom. The lowest BCUT2D eigenvalue weighted by molar-refractivity contribution is 0.0364. The molecule has 0 bridgehead atoms. The van der Waals surface area contributed by atoms with Crippen molar-refractivity contribution in [1.82, 2.24) is 4.90 Å². The van der Waals surface area contributed by atoms with Crippen LogP contribution in [0.3, 0.4) is 0 Å². The van der Waals surface area contributed by atoms with Crippen LogP contribution in [0.5, 0.6) is 11.5 Å². The van der Waals surface area contributed by atoms with Gasteiger partial charge >= 0.3 is 0 Å². The summed E-state index contributed by atoms with van der Waals surface area (Å²) in [6.45, 7) is 1.88. The highest BCUT2D eigenvalue weighted by Gasteiger charge is 2.27. The summed E-state index contributed by atoms with van der Waals surface area (Å²) in [5, 5.41) is 10.1. The number of hydrogen-bond donors (Lipinski definition) is 1. The first-order valence-corrected chi connectivity index (χ1v) is 6.72. The number of piperidine rings is 1. The fourth-order valence-corrected chi connectivity index (χ4v) is 2.80. The van der Waals surface area contributed by atoms with Crippen molar-refractivity contribution >= 4 is 0 Å². The Hall–Kier alpha value is -1.26. The predicted molar refractivity (Wildman–Crippen MR) is 74.9 cm³/mol. The third-order valence-electron chi connectivity index (χ3n) is 3.86. The fourth-order valence-electron chi connectivity index (χ4n) is 2.80. The molecule has 1 saturated heterocycles. The van der Waals surface area contributed by atoms with Crippen LogP contribution in [0.1, 0.15) is 12.0 Å². The molecular formula is C15H23NO3. The van der Waals surface area contributed by atoms with E-state index in [1.165, 1.54) is 0 Å². The molecule has 1 aliphatic rings. The van der Waals surface area contributed by atoms with Gasteiger partial charge in [0.15, 0.2) is 11.5 Å². The molecule has 1 aliphatic heterocycles. The Morgan fingerprint density at radius 2 is 2.11 bits per heavy atom. The first kappa shape index (κ1) is 14.2. The number of hydrogen-bond acceptors (Lipinski definition) is 4. The van der Waals surface area contributed by atoms with Gasteiger partial charge in [0.2, 0.25) is 0 Å². The van der Waals surface area contributed by atoms with Gasteiger partial charge in [0.25, 0.3) is 0 Å². The van der Waals surface area contributed by atoms with Gasteiger partial charge in [0, 0.05) is 19.0 Å². The van der Waals surface area contributed by atoms with Crippen LogP contribution in [-0.2, 0) is 6.42 Å². The average molecular weight is 265 g/mol. The Kier molecular flexibility index (Phi) is 4.66. The largest absolute Gasteiger partial charge is 0.493 e. The molecule has 106 valence electrons. The second-order valence-electron chi connectivity index (χ2n) is 5.24. The number of ether oxygens (including phenoxy) is 2. The number of likely N-dealkylation sites (tertiary alicyclic amines) is 1. The van der Waals surface area contributed by atoms with Crippen molar-refractivity contribution in [2.75, 3.05) is 34.4 Å². The molecular weight excluding hydrogens is 242 g/mol. The van der Waals surface area contributed by atoms with E-state index in [2.05, 4.69) is 11.9 Å². The highest BCUT2D eigenvalue weighted by Crippen LogP contribution is 2.33. The van der Waals surface area contributed by atoms with E-state index in [4.69, 9.17) is 9.47 Å². The summed E-state index contributed by atoms with van der Waals surface area (Å²) in [5.74, 6) is 1.78. The maximum atomic E-state index is 10.1. The van der Waals surface area contributed by atoms with Crippen molar-refractivity contribution in [2.24, 2.45) is 5.92 Å². The van der Waals surface area contributed by atoms with Gasteiger partial charge in [-0.05, 0) is 31.5 Å². The van der Waals surface area contributed by atoms with Gasteiger partial charge in [-0.2, -0.15) is 0 Å². The molecule has 0 aliphatic carbocycles. The maximum Gasteiger partial charge on any atom is 0.163 e. The highest BCUT2D eigenvalue weighted by atomic mass is 16.5. The molecule has 2 rings (SSSR count). The third kappa shape index (κ3) is 3.19. The van der Waals surface area contributed by atoms with Crippen molar-refractivity contribution in [2.45, 2.75) is 18.9 Å². The molecule has 2 atom stereocenters. The molecule has 0 saturated carbocycles. The molecule has 0 radical (unpaired) electrons. The molecule has 4 heteroatoms. The molecule has 1 heterocycles. The molecule has 19 heavy (non-hydrogen) atoms. The van der Waals surface area contributed by atoms with Crippen LogP contribution in [0.15, 0.2) is 18.2 Å². The number of benzene rings is 1. The monoisotopic (exact) mass is 265 g/mol. The van der Waals surface area contributed by atoms with Crippen molar-refractivity contribution in [1.29, 1.82) is 0 Å². The van der Waals surface area contributed by atoms with E-state index in [-0.39, 0.29) is 12.0 Å². The van der Waals surface area contributed by atoms with Gasteiger partial charge in [-0.1, -0.05) is 12.1 Å². The van der Waals surface area contributed by atoms with Gasteiger partial charge in [-0.3, -0.25) is 0 Å². The van der Waals surface area contributed by atoms with Gasteiger partial charge in [-0.15, -0.1) is 0 Å². The standard InChI is InChI=1S/C15H23NO3/c1-16-8-7-13(17)12(10-16)9-11-5-4-6-14(18-2)15(11)19-3/h4-6,12-13,17H,7-10H2,1-3H3. The van der Waals surface area contributed by atoms with Crippen molar-refractivity contribution in [3.05, 3.63) is 23.8 Å². The average Bonchev–Trinajstić information content (AvgIpc) is 2.42. The number of aliphatic hydroxyl groups is 1. The summed E-state index contributed by atoms with van der Waals surface area (Å²) in [6.07, 6.45) is 1.42. The minimum Gasteiger partial charge on any atom is -0.493 e. The first-order chi connectivity index (χ1) is 9.15. The minimum atomic E-state index is -0.230. The summed E-state index contributed by atoms with van der Waals surface area (Å²) in [6, 6.07) is 5.91. The van der Waals surface area contributed by atoms with Gasteiger partial charge in [0.1, 0.15) is 0 Å². The lowest BCUT2D eigenvalue weighted by Crippen LogP contribution is -2.42. The number of methoxy groups -OCH3 is 2. The van der Waals surface area contributed by atoms with Crippen molar-refractivity contribution in [3.8, 4) is 11.5 Å². The number of nitrogens with zero attached hydrogens (tertiary/aromatic N) is 1. The zero-order valence-electron chi connectivity index (χ0n) is 11.9. The number of rotatable bonds is 4. The summed E-state index contributed by atoms with van der Waals surface area (Å²) in [7, 11) is 5.40. The SMILES string of the molecule is COc1cccc(CC2CN(C)CCC2O)c1OC. The summed E-state index contributed by atoms with van der Waals surface area (Å²) in [4.78, 5) is 2.27. The molecule has 0 aromatic heterocycles. The van der Waals surface area contributed by atoms with E-state index in [0.717, 1.165) is 43.0 Å². The zero-order valence-corrected chi connectivity index (χ0v) is 11.9. The summed E-state index contributed by atoms with van der Waals surface area (Å²) >= 11 is 0. The van der Waals surface area contributed by atoms with E-state index in [1.807, 2.05) is 18.2 Å². The lowest BCUT2D eigenvalue weighted by Gasteiger charge is -2.34. The van der Waals surface area contributed by atoms with Crippen LogP contribution in [0.2, 0.25) is 0 Å². The molecule has 1 fully saturated rings. The van der Waals surface area contributed by atoms with Crippen LogP contribution in [0.25, 0.3) is 0 Å². The van der Waals surface area contributed by atoms with Gasteiger partial charge in [-0.25, -0.2) is 0 Å². The van der Waals surface area contributed by atoms with Gasteiger partial charge < -0.3 is 19.5 Å². The smallest absolute Gasteiger partial charge is 0.163 e. The second-order valence-corrected chi connectivity index (χ2v) is 5.24. The van der Waals surface area contributed by atoms with E-state index in [0.29, 0.717) is 0 Å². The Bertz CT molecular complexity index is 422. The molecule has 0 spiro atoms. The van der Waals surface area contributed by atoms with Gasteiger partial charge in [0.05, 0.1) is 20.3 Å². The predicted octanol–water partition coefficient (Wildman–Crippen LogP) is 1.56. The van der Waals surface area contributed by atoms with E-state index in [9.17, 15) is 5.11 Å². The van der Waals surface area contributed by atoms with Crippen LogP contribution in [0, 0.1) is 5.92 Å². The van der Waals surface area contributed by atoms with E-state index >= 15 is 0 Å². The second kappa shape index (κ2) is 6.26. The molecule has 0 amide bonds. The normalized spacial score (nSPS) is 24.2. The zero-order chi connectivity index (χ0) is 13.8. The Balaban J connectivity index is 2.18. The fraction of sp³-hybridized carbons (Fsp3) is 0.600. The maximum absolute atomic E-state index is 10.1. The van der Waals surface area contributed by atoms with Crippen LogP contribution in [0.4, 0.5) is 0 Å². The molecule has 4 nitrogen and oxygen atoms in total. The Labute approximate surface area is 114 Å². The molecule has 2 unspecified atom stereocenters. The van der Waals surface area contributed by atoms with E-state index < -0.39 is 0 Å². The topological polar surface area (TPSA) is 41.9 Å². The van der Waals surface area contributed by atoms with Crippen LogP contribution >= 0.6 is 0 Å².